The van der Waals surface area contributed by atoms with Gasteiger partial charge in [-0.1, -0.05) is 5.16 Å². The molecule has 0 bridgehead atoms. The normalized spacial score (nSPS) is 12.2. The summed E-state index contributed by atoms with van der Waals surface area (Å²) in [7, 11) is 1.68. The lowest BCUT2D eigenvalue weighted by Crippen LogP contribution is -2.38. The van der Waals surface area contributed by atoms with Crippen LogP contribution in [0, 0.1) is 6.92 Å². The molecule has 0 saturated heterocycles. The van der Waals surface area contributed by atoms with Crippen LogP contribution in [0.4, 0.5) is 0 Å². The van der Waals surface area contributed by atoms with E-state index in [0.717, 1.165) is 10.7 Å². The highest BCUT2D eigenvalue weighted by atomic mass is 127. The average molecular weight is 479 g/mol. The molecule has 2 aromatic heterocycles. The van der Waals surface area contributed by atoms with Gasteiger partial charge < -0.3 is 19.9 Å². The van der Waals surface area contributed by atoms with Gasteiger partial charge in [0.15, 0.2) is 5.96 Å². The van der Waals surface area contributed by atoms with Crippen molar-refractivity contribution in [3.8, 4) is 0 Å². The Balaban J connectivity index is 0.00000312. The number of hydrogen-bond acceptors (Lipinski definition) is 7. The highest BCUT2D eigenvalue weighted by molar-refractivity contribution is 14.0. The van der Waals surface area contributed by atoms with E-state index in [1.807, 2.05) is 6.92 Å². The van der Waals surface area contributed by atoms with Crippen molar-refractivity contribution >= 4 is 47.2 Å². The number of carbonyl (C=O) groups is 1. The summed E-state index contributed by atoms with van der Waals surface area (Å²) in [6.07, 6.45) is 1.52. The van der Waals surface area contributed by atoms with Crippen molar-refractivity contribution in [2.24, 2.45) is 4.99 Å². The van der Waals surface area contributed by atoms with Gasteiger partial charge in [-0.2, -0.15) is 0 Å². The summed E-state index contributed by atoms with van der Waals surface area (Å²) in [6.45, 7) is 6.38. The van der Waals surface area contributed by atoms with Gasteiger partial charge in [0, 0.05) is 13.1 Å². The lowest BCUT2D eigenvalue weighted by molar-refractivity contribution is 0.0531. The molecule has 0 fully saturated rings. The monoisotopic (exact) mass is 479 g/mol. The van der Waals surface area contributed by atoms with Crippen LogP contribution in [0.1, 0.15) is 46.0 Å². The zero-order valence-electron chi connectivity index (χ0n) is 14.5. The number of ether oxygens (including phenoxy) is 1. The van der Waals surface area contributed by atoms with Crippen molar-refractivity contribution in [2.75, 3.05) is 13.7 Å². The number of halogens is 1. The van der Waals surface area contributed by atoms with Crippen LogP contribution in [0.3, 0.4) is 0 Å². The molecule has 2 heterocycles. The maximum Gasteiger partial charge on any atom is 0.350 e. The number of aromatic nitrogens is 2. The van der Waals surface area contributed by atoms with Crippen LogP contribution >= 0.6 is 35.3 Å². The van der Waals surface area contributed by atoms with Crippen LogP contribution in [0.15, 0.2) is 21.8 Å². The Morgan fingerprint density at radius 2 is 2.28 bits per heavy atom. The van der Waals surface area contributed by atoms with Gasteiger partial charge >= 0.3 is 5.97 Å². The smallest absolute Gasteiger partial charge is 0.350 e. The van der Waals surface area contributed by atoms with Crippen molar-refractivity contribution < 1.29 is 14.1 Å². The summed E-state index contributed by atoms with van der Waals surface area (Å²) in [6, 6.07) is 1.67. The fraction of sp³-hybridized carbons (Fsp3) is 0.467. The third-order valence-electron chi connectivity index (χ3n) is 3.15. The van der Waals surface area contributed by atoms with Gasteiger partial charge in [-0.3, -0.25) is 4.99 Å². The zero-order chi connectivity index (χ0) is 17.5. The SMILES string of the molecule is CCOC(=O)c1sc(C(C)NC(=NC)NCc2ccon2)nc1C.I. The highest BCUT2D eigenvalue weighted by Crippen LogP contribution is 2.24. The minimum Gasteiger partial charge on any atom is -0.462 e. The van der Waals surface area contributed by atoms with Crippen LogP contribution < -0.4 is 10.6 Å². The van der Waals surface area contributed by atoms with E-state index >= 15 is 0 Å². The second-order valence-electron chi connectivity index (χ2n) is 4.97. The second kappa shape index (κ2) is 10.3. The molecular weight excluding hydrogens is 457 g/mol. The highest BCUT2D eigenvalue weighted by Gasteiger charge is 2.20. The fourth-order valence-corrected chi connectivity index (χ4v) is 2.92. The Hall–Kier alpha value is -1.69. The molecule has 0 saturated carbocycles. The third kappa shape index (κ3) is 5.96. The Morgan fingerprint density at radius 3 is 2.88 bits per heavy atom. The summed E-state index contributed by atoms with van der Waals surface area (Å²) >= 11 is 1.33. The number of guanidine groups is 1. The van der Waals surface area contributed by atoms with Crippen LogP contribution in [-0.4, -0.2) is 35.7 Å². The fourth-order valence-electron chi connectivity index (χ4n) is 1.95. The molecule has 10 heteroatoms. The van der Waals surface area contributed by atoms with E-state index < -0.39 is 0 Å². The molecular formula is C15H22IN5O3S. The molecule has 1 atom stereocenters. The topological polar surface area (TPSA) is 102 Å². The molecule has 2 N–H and O–H groups in total. The van der Waals surface area contributed by atoms with E-state index in [9.17, 15) is 4.79 Å². The zero-order valence-corrected chi connectivity index (χ0v) is 17.7. The van der Waals surface area contributed by atoms with Gasteiger partial charge in [-0.05, 0) is 20.8 Å². The van der Waals surface area contributed by atoms with Crippen molar-refractivity contribution in [3.05, 3.63) is 33.6 Å². The number of aliphatic imine (C=N–C) groups is 1. The summed E-state index contributed by atoms with van der Waals surface area (Å²) in [5.41, 5.74) is 1.45. The Morgan fingerprint density at radius 1 is 1.52 bits per heavy atom. The average Bonchev–Trinajstić information content (AvgIpc) is 3.20. The lowest BCUT2D eigenvalue weighted by Gasteiger charge is -2.15. The van der Waals surface area contributed by atoms with E-state index in [-0.39, 0.29) is 36.0 Å². The summed E-state index contributed by atoms with van der Waals surface area (Å²) in [5.74, 6) is 0.274. The predicted molar refractivity (Wildman–Crippen MR) is 106 cm³/mol. The molecule has 25 heavy (non-hydrogen) atoms. The predicted octanol–water partition coefficient (Wildman–Crippen LogP) is 2.66. The van der Waals surface area contributed by atoms with Crippen LogP contribution in [0.25, 0.3) is 0 Å². The van der Waals surface area contributed by atoms with Crippen LogP contribution in [-0.2, 0) is 11.3 Å². The van der Waals surface area contributed by atoms with E-state index in [1.54, 1.807) is 27.0 Å². The van der Waals surface area contributed by atoms with Crippen molar-refractivity contribution in [1.82, 2.24) is 20.8 Å². The molecule has 2 aromatic rings. The van der Waals surface area contributed by atoms with Gasteiger partial charge in [-0.25, -0.2) is 9.78 Å². The van der Waals surface area contributed by atoms with Crippen molar-refractivity contribution in [2.45, 2.75) is 33.4 Å². The molecule has 0 radical (unpaired) electrons. The molecule has 0 aromatic carbocycles. The number of nitrogens with zero attached hydrogens (tertiary/aromatic N) is 3. The van der Waals surface area contributed by atoms with Crippen molar-refractivity contribution in [1.29, 1.82) is 0 Å². The first-order valence-electron chi connectivity index (χ1n) is 7.56. The first-order valence-corrected chi connectivity index (χ1v) is 8.37. The molecule has 138 valence electrons. The molecule has 8 nitrogen and oxygen atoms in total. The largest absolute Gasteiger partial charge is 0.462 e. The second-order valence-corrected chi connectivity index (χ2v) is 6.00. The van der Waals surface area contributed by atoms with Gasteiger partial charge in [0.1, 0.15) is 21.8 Å². The standard InChI is InChI=1S/C15H21N5O3S.HI/c1-5-22-14(21)12-9(2)18-13(24-12)10(3)19-15(16-4)17-8-11-6-7-23-20-11;/h6-7,10H,5,8H2,1-4H3,(H2,16,17,19);1H. The maximum atomic E-state index is 11.9. The Labute approximate surface area is 167 Å². The molecule has 0 aliphatic heterocycles. The summed E-state index contributed by atoms with van der Waals surface area (Å²) < 4.78 is 9.83. The van der Waals surface area contributed by atoms with Gasteiger partial charge in [-0.15, -0.1) is 35.3 Å². The van der Waals surface area contributed by atoms with Crippen LogP contribution in [0.2, 0.25) is 0 Å². The summed E-state index contributed by atoms with van der Waals surface area (Å²) in [4.78, 5) is 21.0. The lowest BCUT2D eigenvalue weighted by atomic mass is 10.3. The minimum absolute atomic E-state index is 0. The minimum atomic E-state index is -0.334. The maximum absolute atomic E-state index is 11.9. The number of nitrogens with one attached hydrogen (secondary N) is 2. The van der Waals surface area contributed by atoms with E-state index in [0.29, 0.717) is 29.7 Å². The van der Waals surface area contributed by atoms with E-state index in [2.05, 4.69) is 25.8 Å². The number of esters is 1. The van der Waals surface area contributed by atoms with Gasteiger partial charge in [0.05, 0.1) is 24.9 Å². The molecule has 2 rings (SSSR count). The first-order chi connectivity index (χ1) is 11.5. The Bertz CT molecular complexity index is 702. The van der Waals surface area contributed by atoms with E-state index in [4.69, 9.17) is 9.26 Å². The number of hydrogen-bond donors (Lipinski definition) is 2. The van der Waals surface area contributed by atoms with Crippen molar-refractivity contribution in [3.63, 3.8) is 0 Å². The third-order valence-corrected chi connectivity index (χ3v) is 4.47. The first kappa shape index (κ1) is 21.4. The molecule has 0 aliphatic rings. The quantitative estimate of drug-likeness (QED) is 0.284. The number of thiazole rings is 1. The number of carbonyl (C=O) groups excluding carboxylic acids is 1. The molecule has 0 aliphatic carbocycles. The molecule has 0 spiro atoms. The van der Waals surface area contributed by atoms with E-state index in [1.165, 1.54) is 17.6 Å². The Kier molecular flexibility index (Phi) is 8.83. The molecule has 1 unspecified atom stereocenters. The number of aryl methyl sites for hydroxylation is 1. The van der Waals surface area contributed by atoms with Gasteiger partial charge in [0.2, 0.25) is 0 Å². The molecule has 0 amide bonds. The number of rotatable bonds is 6. The summed E-state index contributed by atoms with van der Waals surface area (Å²) in [5, 5.41) is 11.0. The van der Waals surface area contributed by atoms with Crippen LogP contribution in [0.5, 0.6) is 0 Å². The van der Waals surface area contributed by atoms with Gasteiger partial charge in [0.25, 0.3) is 0 Å².